The SMILES string of the molecule is COC(=O)[C@@H]1C(=O)C[C@](C)(O)[C@H](C(=O)OC)[C@H]1c1ccc(OCc2ccccc2)cc1. The molecule has 7 heteroatoms. The molecular weight excluding hydrogens is 400 g/mol. The molecule has 7 nitrogen and oxygen atoms in total. The first-order valence-corrected chi connectivity index (χ1v) is 9.96. The summed E-state index contributed by atoms with van der Waals surface area (Å²) in [6.45, 7) is 1.79. The van der Waals surface area contributed by atoms with Gasteiger partial charge in [0.15, 0.2) is 5.78 Å². The molecule has 1 N–H and O–H groups in total. The summed E-state index contributed by atoms with van der Waals surface area (Å²) in [5.74, 6) is -4.60. The van der Waals surface area contributed by atoms with E-state index in [1.807, 2.05) is 30.3 Å². The third kappa shape index (κ3) is 4.77. The minimum atomic E-state index is -1.66. The van der Waals surface area contributed by atoms with Crippen LogP contribution >= 0.6 is 0 Å². The average Bonchev–Trinajstić information content (AvgIpc) is 2.76. The van der Waals surface area contributed by atoms with Gasteiger partial charge in [0.1, 0.15) is 18.3 Å². The Labute approximate surface area is 180 Å². The van der Waals surface area contributed by atoms with Gasteiger partial charge >= 0.3 is 11.9 Å². The monoisotopic (exact) mass is 426 g/mol. The van der Waals surface area contributed by atoms with Crippen LogP contribution in [0.3, 0.4) is 0 Å². The Hall–Kier alpha value is -3.19. The second-order valence-electron chi connectivity index (χ2n) is 7.87. The first-order chi connectivity index (χ1) is 14.8. The lowest BCUT2D eigenvalue weighted by Gasteiger charge is -2.43. The summed E-state index contributed by atoms with van der Waals surface area (Å²) in [7, 11) is 2.40. The lowest BCUT2D eigenvalue weighted by molar-refractivity contribution is -0.170. The van der Waals surface area contributed by atoms with Crippen molar-refractivity contribution in [3.8, 4) is 5.75 Å². The van der Waals surface area contributed by atoms with Crippen LogP contribution in [-0.2, 0) is 30.5 Å². The molecule has 3 rings (SSSR count). The molecule has 2 aromatic carbocycles. The molecule has 0 aromatic heterocycles. The summed E-state index contributed by atoms with van der Waals surface area (Å²) >= 11 is 0. The van der Waals surface area contributed by atoms with Crippen LogP contribution in [0, 0.1) is 11.8 Å². The Morgan fingerprint density at radius 3 is 2.19 bits per heavy atom. The summed E-state index contributed by atoms with van der Waals surface area (Å²) < 4.78 is 15.5. The maximum atomic E-state index is 12.7. The number of aliphatic hydroxyl groups is 1. The van der Waals surface area contributed by atoms with Crippen molar-refractivity contribution in [2.45, 2.75) is 31.5 Å². The highest BCUT2D eigenvalue weighted by Crippen LogP contribution is 2.46. The van der Waals surface area contributed by atoms with Crippen molar-refractivity contribution in [1.29, 1.82) is 0 Å². The summed E-state index contributed by atoms with van der Waals surface area (Å²) in [5, 5.41) is 10.9. The number of rotatable bonds is 6. The second kappa shape index (κ2) is 9.31. The summed E-state index contributed by atoms with van der Waals surface area (Å²) in [5.41, 5.74) is -0.120. The molecule has 1 fully saturated rings. The molecule has 0 bridgehead atoms. The van der Waals surface area contributed by atoms with Crippen LogP contribution in [-0.4, -0.2) is 42.6 Å². The highest BCUT2D eigenvalue weighted by molar-refractivity contribution is 6.02. The molecule has 2 aromatic rings. The summed E-state index contributed by atoms with van der Waals surface area (Å²) in [6.07, 6.45) is -0.346. The maximum absolute atomic E-state index is 12.7. The number of Topliss-reactive ketones (excluding diaryl/α,β-unsaturated/α-hetero) is 1. The van der Waals surface area contributed by atoms with Crippen molar-refractivity contribution in [3.63, 3.8) is 0 Å². The van der Waals surface area contributed by atoms with Gasteiger partial charge in [-0.1, -0.05) is 42.5 Å². The number of carbonyl (C=O) groups excluding carboxylic acids is 3. The lowest BCUT2D eigenvalue weighted by Crippen LogP contribution is -2.55. The molecule has 0 aliphatic heterocycles. The van der Waals surface area contributed by atoms with Crippen LogP contribution in [0.1, 0.15) is 30.4 Å². The number of esters is 2. The van der Waals surface area contributed by atoms with E-state index in [0.29, 0.717) is 17.9 Å². The van der Waals surface area contributed by atoms with Crippen LogP contribution in [0.4, 0.5) is 0 Å². The van der Waals surface area contributed by atoms with E-state index in [1.54, 1.807) is 24.3 Å². The standard InChI is InChI=1S/C24H26O7/c1-24(28)13-18(25)20(22(26)29-2)19(21(24)23(27)30-3)16-9-11-17(12-10-16)31-14-15-7-5-4-6-8-15/h4-12,19-21,28H,13-14H2,1-3H3/t19-,20+,21-,24-/m0/s1. The fourth-order valence-electron chi connectivity index (χ4n) is 4.20. The van der Waals surface area contributed by atoms with Crippen molar-refractivity contribution < 1.29 is 33.7 Å². The van der Waals surface area contributed by atoms with Gasteiger partial charge < -0.3 is 19.3 Å². The highest BCUT2D eigenvalue weighted by Gasteiger charge is 2.56. The molecule has 164 valence electrons. The molecule has 4 atom stereocenters. The normalized spacial score (nSPS) is 25.5. The smallest absolute Gasteiger partial charge is 0.316 e. The largest absolute Gasteiger partial charge is 0.489 e. The van der Waals surface area contributed by atoms with Crippen molar-refractivity contribution in [1.82, 2.24) is 0 Å². The first-order valence-electron chi connectivity index (χ1n) is 9.96. The zero-order valence-corrected chi connectivity index (χ0v) is 17.7. The number of benzene rings is 2. The van der Waals surface area contributed by atoms with E-state index >= 15 is 0 Å². The van der Waals surface area contributed by atoms with Gasteiger partial charge in [0.05, 0.1) is 25.7 Å². The summed E-state index contributed by atoms with van der Waals surface area (Å²) in [4.78, 5) is 37.8. The van der Waals surface area contributed by atoms with Crippen LogP contribution in [0.25, 0.3) is 0 Å². The third-order valence-corrected chi connectivity index (χ3v) is 5.69. The van der Waals surface area contributed by atoms with E-state index in [0.717, 1.165) is 5.56 Å². The quantitative estimate of drug-likeness (QED) is 0.560. The predicted molar refractivity (Wildman–Crippen MR) is 111 cm³/mol. The second-order valence-corrected chi connectivity index (χ2v) is 7.87. The molecule has 1 saturated carbocycles. The molecule has 31 heavy (non-hydrogen) atoms. The lowest BCUT2D eigenvalue weighted by atomic mass is 9.62. The van der Waals surface area contributed by atoms with Crippen LogP contribution < -0.4 is 4.74 Å². The fourth-order valence-corrected chi connectivity index (χ4v) is 4.20. The van der Waals surface area contributed by atoms with E-state index < -0.39 is 41.1 Å². The summed E-state index contributed by atoms with van der Waals surface area (Å²) in [6, 6.07) is 16.5. The van der Waals surface area contributed by atoms with E-state index in [1.165, 1.54) is 21.1 Å². The van der Waals surface area contributed by atoms with Gasteiger partial charge in [-0.2, -0.15) is 0 Å². The fraction of sp³-hybridized carbons (Fsp3) is 0.375. The number of hydrogen-bond donors (Lipinski definition) is 1. The Morgan fingerprint density at radius 2 is 1.61 bits per heavy atom. The molecule has 0 spiro atoms. The van der Waals surface area contributed by atoms with E-state index in [2.05, 4.69) is 0 Å². The van der Waals surface area contributed by atoms with Gasteiger partial charge in [0.25, 0.3) is 0 Å². The number of ether oxygens (including phenoxy) is 3. The van der Waals surface area contributed by atoms with Crippen molar-refractivity contribution >= 4 is 17.7 Å². The molecule has 0 saturated heterocycles. The number of methoxy groups -OCH3 is 2. The zero-order chi connectivity index (χ0) is 22.6. The van der Waals surface area contributed by atoms with E-state index in [9.17, 15) is 19.5 Å². The minimum absolute atomic E-state index is 0.346. The van der Waals surface area contributed by atoms with Gasteiger partial charge in [-0.15, -0.1) is 0 Å². The minimum Gasteiger partial charge on any atom is -0.489 e. The Kier molecular flexibility index (Phi) is 6.75. The number of ketones is 1. The van der Waals surface area contributed by atoms with Gasteiger partial charge in [-0.25, -0.2) is 0 Å². The average molecular weight is 426 g/mol. The molecule has 1 aliphatic carbocycles. The van der Waals surface area contributed by atoms with Crippen molar-refractivity contribution in [2.24, 2.45) is 11.8 Å². The molecule has 1 aliphatic rings. The van der Waals surface area contributed by atoms with E-state index in [-0.39, 0.29) is 6.42 Å². The molecule has 0 amide bonds. The predicted octanol–water partition coefficient (Wildman–Crippen LogP) is 2.65. The van der Waals surface area contributed by atoms with Crippen molar-refractivity contribution in [2.75, 3.05) is 14.2 Å². The van der Waals surface area contributed by atoms with Crippen LogP contribution in [0.2, 0.25) is 0 Å². The van der Waals surface area contributed by atoms with Gasteiger partial charge in [0, 0.05) is 12.3 Å². The van der Waals surface area contributed by atoms with Crippen LogP contribution in [0.15, 0.2) is 54.6 Å². The third-order valence-electron chi connectivity index (χ3n) is 5.69. The zero-order valence-electron chi connectivity index (χ0n) is 17.7. The Balaban J connectivity index is 1.93. The van der Waals surface area contributed by atoms with Crippen LogP contribution in [0.5, 0.6) is 5.75 Å². The molecule has 0 heterocycles. The number of hydrogen-bond acceptors (Lipinski definition) is 7. The Bertz CT molecular complexity index is 934. The molecular formula is C24H26O7. The molecule has 0 unspecified atom stereocenters. The number of carbonyl (C=O) groups is 3. The van der Waals surface area contributed by atoms with Gasteiger partial charge in [-0.05, 0) is 30.2 Å². The van der Waals surface area contributed by atoms with Crippen molar-refractivity contribution in [3.05, 3.63) is 65.7 Å². The van der Waals surface area contributed by atoms with Gasteiger partial charge in [-0.3, -0.25) is 14.4 Å². The highest BCUT2D eigenvalue weighted by atomic mass is 16.5. The van der Waals surface area contributed by atoms with E-state index in [4.69, 9.17) is 14.2 Å². The van der Waals surface area contributed by atoms with Gasteiger partial charge in [0.2, 0.25) is 0 Å². The first kappa shape index (κ1) is 22.5. The Morgan fingerprint density at radius 1 is 1.00 bits per heavy atom. The topological polar surface area (TPSA) is 99.1 Å². The molecule has 0 radical (unpaired) electrons. The maximum Gasteiger partial charge on any atom is 0.316 e.